The minimum atomic E-state index is -0.370. The van der Waals surface area contributed by atoms with Gasteiger partial charge < -0.3 is 5.32 Å². The second kappa shape index (κ2) is 4.90. The number of anilines is 1. The number of nitrogens with zero attached hydrogens (tertiary/aromatic N) is 1. The summed E-state index contributed by atoms with van der Waals surface area (Å²) in [5.41, 5.74) is 2.28. The van der Waals surface area contributed by atoms with Gasteiger partial charge in [0, 0.05) is 18.2 Å². The molecular weight excluding hydrogens is 262 g/mol. The molecule has 0 atom stereocenters. The van der Waals surface area contributed by atoms with E-state index in [1.54, 1.807) is 25.4 Å². The Balaban J connectivity index is 2.62. The van der Waals surface area contributed by atoms with E-state index >= 15 is 0 Å². The van der Waals surface area contributed by atoms with Gasteiger partial charge >= 0.3 is 0 Å². The third-order valence-electron chi connectivity index (χ3n) is 2.36. The average molecular weight is 271 g/mol. The van der Waals surface area contributed by atoms with Crippen LogP contribution < -0.4 is 5.32 Å². The quantitative estimate of drug-likeness (QED) is 0.826. The third kappa shape index (κ3) is 2.51. The van der Waals surface area contributed by atoms with Crippen molar-refractivity contribution >= 4 is 28.9 Å². The van der Waals surface area contributed by atoms with E-state index in [0.717, 1.165) is 11.3 Å². The van der Waals surface area contributed by atoms with Gasteiger partial charge in [0.2, 0.25) is 0 Å². The standard InChI is InChI=1S/C12H9Cl2FN2/c1-16-11-6-17-12(14)5-9(11)8-3-2-7(15)4-10(8)13/h2-6,16H,1H3. The van der Waals surface area contributed by atoms with Crippen LogP contribution in [0.15, 0.2) is 30.5 Å². The lowest BCUT2D eigenvalue weighted by molar-refractivity contribution is 0.628. The maximum Gasteiger partial charge on any atom is 0.129 e. The van der Waals surface area contributed by atoms with E-state index in [1.165, 1.54) is 12.1 Å². The van der Waals surface area contributed by atoms with Crippen LogP contribution in [0.25, 0.3) is 11.1 Å². The van der Waals surface area contributed by atoms with Crippen LogP contribution in [-0.4, -0.2) is 12.0 Å². The molecule has 0 unspecified atom stereocenters. The Hall–Kier alpha value is -1.32. The summed E-state index contributed by atoms with van der Waals surface area (Å²) in [6.45, 7) is 0. The SMILES string of the molecule is CNc1cnc(Cl)cc1-c1ccc(F)cc1Cl. The predicted octanol–water partition coefficient (Wildman–Crippen LogP) is 4.24. The highest BCUT2D eigenvalue weighted by Crippen LogP contribution is 2.34. The molecule has 2 aromatic rings. The molecule has 0 saturated carbocycles. The summed E-state index contributed by atoms with van der Waals surface area (Å²) >= 11 is 11.9. The summed E-state index contributed by atoms with van der Waals surface area (Å²) < 4.78 is 13.0. The first-order valence-electron chi connectivity index (χ1n) is 4.90. The first-order valence-corrected chi connectivity index (χ1v) is 5.66. The Labute approximate surface area is 108 Å². The highest BCUT2D eigenvalue weighted by molar-refractivity contribution is 6.34. The Morgan fingerprint density at radius 2 is 1.94 bits per heavy atom. The monoisotopic (exact) mass is 270 g/mol. The molecule has 1 heterocycles. The molecule has 1 N–H and O–H groups in total. The van der Waals surface area contributed by atoms with Gasteiger partial charge in [0.1, 0.15) is 11.0 Å². The van der Waals surface area contributed by atoms with Crippen molar-refractivity contribution < 1.29 is 4.39 Å². The molecule has 1 aromatic heterocycles. The van der Waals surface area contributed by atoms with Crippen LogP contribution in [0.3, 0.4) is 0 Å². The first-order chi connectivity index (χ1) is 8.11. The fraction of sp³-hybridized carbons (Fsp3) is 0.0833. The van der Waals surface area contributed by atoms with Gasteiger partial charge in [-0.2, -0.15) is 0 Å². The van der Waals surface area contributed by atoms with Gasteiger partial charge in [-0.1, -0.05) is 23.2 Å². The number of nitrogens with one attached hydrogen (secondary N) is 1. The molecule has 2 nitrogen and oxygen atoms in total. The lowest BCUT2D eigenvalue weighted by Crippen LogP contribution is -1.94. The summed E-state index contributed by atoms with van der Waals surface area (Å²) in [7, 11) is 1.77. The van der Waals surface area contributed by atoms with Gasteiger partial charge in [0.05, 0.1) is 16.9 Å². The van der Waals surface area contributed by atoms with Gasteiger partial charge in [0.25, 0.3) is 0 Å². The average Bonchev–Trinajstić information content (AvgIpc) is 2.29. The van der Waals surface area contributed by atoms with Crippen LogP contribution in [-0.2, 0) is 0 Å². The Bertz CT molecular complexity index is 558. The van der Waals surface area contributed by atoms with Crippen molar-refractivity contribution in [3.05, 3.63) is 46.5 Å². The largest absolute Gasteiger partial charge is 0.386 e. The molecule has 88 valence electrons. The van der Waals surface area contributed by atoms with Crippen molar-refractivity contribution in [3.8, 4) is 11.1 Å². The molecule has 0 aliphatic rings. The molecule has 17 heavy (non-hydrogen) atoms. The van der Waals surface area contributed by atoms with E-state index in [2.05, 4.69) is 10.3 Å². The number of rotatable bonds is 2. The van der Waals surface area contributed by atoms with E-state index < -0.39 is 0 Å². The smallest absolute Gasteiger partial charge is 0.129 e. The van der Waals surface area contributed by atoms with E-state index in [4.69, 9.17) is 23.2 Å². The number of hydrogen-bond acceptors (Lipinski definition) is 2. The van der Waals surface area contributed by atoms with Crippen LogP contribution in [0.1, 0.15) is 0 Å². The van der Waals surface area contributed by atoms with E-state index in [-0.39, 0.29) is 5.82 Å². The van der Waals surface area contributed by atoms with Crippen molar-refractivity contribution in [2.75, 3.05) is 12.4 Å². The highest BCUT2D eigenvalue weighted by atomic mass is 35.5. The molecule has 0 aliphatic carbocycles. The second-order valence-corrected chi connectivity index (χ2v) is 4.22. The molecule has 0 aliphatic heterocycles. The summed E-state index contributed by atoms with van der Waals surface area (Å²) in [4.78, 5) is 3.97. The van der Waals surface area contributed by atoms with Crippen LogP contribution in [0, 0.1) is 5.82 Å². The van der Waals surface area contributed by atoms with Crippen molar-refractivity contribution in [2.45, 2.75) is 0 Å². The zero-order valence-electron chi connectivity index (χ0n) is 8.97. The molecule has 0 bridgehead atoms. The molecule has 0 radical (unpaired) electrons. The Kier molecular flexibility index (Phi) is 3.50. The minimum Gasteiger partial charge on any atom is -0.386 e. The fourth-order valence-electron chi connectivity index (χ4n) is 1.56. The summed E-state index contributed by atoms with van der Waals surface area (Å²) in [6.07, 6.45) is 1.61. The third-order valence-corrected chi connectivity index (χ3v) is 2.88. The van der Waals surface area contributed by atoms with Gasteiger partial charge in [-0.05, 0) is 24.3 Å². The minimum absolute atomic E-state index is 0.337. The van der Waals surface area contributed by atoms with Crippen molar-refractivity contribution in [2.24, 2.45) is 0 Å². The van der Waals surface area contributed by atoms with E-state index in [0.29, 0.717) is 15.7 Å². The molecule has 0 amide bonds. The van der Waals surface area contributed by atoms with Gasteiger partial charge in [-0.3, -0.25) is 0 Å². The summed E-state index contributed by atoms with van der Waals surface area (Å²) in [6, 6.07) is 5.93. The molecule has 1 aromatic carbocycles. The second-order valence-electron chi connectivity index (χ2n) is 3.43. The molecular formula is C12H9Cl2FN2. The lowest BCUT2D eigenvalue weighted by atomic mass is 10.1. The summed E-state index contributed by atoms with van der Waals surface area (Å²) in [5.74, 6) is -0.370. The van der Waals surface area contributed by atoms with Crippen LogP contribution in [0.4, 0.5) is 10.1 Å². The van der Waals surface area contributed by atoms with Crippen LogP contribution >= 0.6 is 23.2 Å². The molecule has 0 saturated heterocycles. The zero-order chi connectivity index (χ0) is 12.4. The van der Waals surface area contributed by atoms with Gasteiger partial charge in [-0.25, -0.2) is 9.37 Å². The van der Waals surface area contributed by atoms with Crippen LogP contribution in [0.5, 0.6) is 0 Å². The van der Waals surface area contributed by atoms with E-state index in [9.17, 15) is 4.39 Å². The van der Waals surface area contributed by atoms with Crippen LogP contribution in [0.2, 0.25) is 10.2 Å². The number of halogens is 3. The zero-order valence-corrected chi connectivity index (χ0v) is 10.5. The number of pyridine rings is 1. The van der Waals surface area contributed by atoms with Gasteiger partial charge in [-0.15, -0.1) is 0 Å². The van der Waals surface area contributed by atoms with E-state index in [1.807, 2.05) is 0 Å². The highest BCUT2D eigenvalue weighted by Gasteiger charge is 2.10. The molecule has 0 spiro atoms. The Morgan fingerprint density at radius 1 is 1.18 bits per heavy atom. The number of aromatic nitrogens is 1. The predicted molar refractivity (Wildman–Crippen MR) is 69.2 cm³/mol. The maximum absolute atomic E-state index is 13.0. The molecule has 2 rings (SSSR count). The number of benzene rings is 1. The van der Waals surface area contributed by atoms with Crippen molar-refractivity contribution in [3.63, 3.8) is 0 Å². The lowest BCUT2D eigenvalue weighted by Gasteiger charge is -2.10. The molecule has 0 fully saturated rings. The van der Waals surface area contributed by atoms with Crippen molar-refractivity contribution in [1.29, 1.82) is 0 Å². The van der Waals surface area contributed by atoms with Gasteiger partial charge in [0.15, 0.2) is 0 Å². The Morgan fingerprint density at radius 3 is 2.59 bits per heavy atom. The fourth-order valence-corrected chi connectivity index (χ4v) is 1.99. The number of hydrogen-bond donors (Lipinski definition) is 1. The maximum atomic E-state index is 13.0. The van der Waals surface area contributed by atoms with Crippen molar-refractivity contribution in [1.82, 2.24) is 4.98 Å². The first kappa shape index (κ1) is 12.1. The summed E-state index contributed by atoms with van der Waals surface area (Å²) in [5, 5.41) is 3.69. The molecule has 5 heteroatoms. The normalized spacial score (nSPS) is 10.4. The topological polar surface area (TPSA) is 24.9 Å².